The molecule has 1 saturated heterocycles. The molecule has 0 aliphatic carbocycles. The van der Waals surface area contributed by atoms with Gasteiger partial charge in [0.25, 0.3) is 5.91 Å². The molecule has 2 aromatic heterocycles. The second kappa shape index (κ2) is 13.3. The highest BCUT2D eigenvalue weighted by molar-refractivity contribution is 6.74. The maximum atomic E-state index is 15.2. The zero-order chi connectivity index (χ0) is 32.4. The molecule has 1 N–H and O–H groups in total. The van der Waals surface area contributed by atoms with Gasteiger partial charge in [0.15, 0.2) is 14.9 Å². The first-order chi connectivity index (χ1) is 21.3. The summed E-state index contributed by atoms with van der Waals surface area (Å²) in [6.07, 6.45) is 1.82. The molecule has 1 aromatic carbocycles. The number of methoxy groups -OCH3 is 1. The number of carbonyl (C=O) groups excluding carboxylic acids is 2. The van der Waals surface area contributed by atoms with Crippen molar-refractivity contribution in [2.45, 2.75) is 64.4 Å². The Kier molecular flexibility index (Phi) is 9.61. The average molecular weight is 640 g/mol. The summed E-state index contributed by atoms with van der Waals surface area (Å²) < 4.78 is 38.1. The van der Waals surface area contributed by atoms with Gasteiger partial charge in [-0.25, -0.2) is 14.2 Å². The van der Waals surface area contributed by atoms with Crippen molar-refractivity contribution in [2.24, 2.45) is 0 Å². The van der Waals surface area contributed by atoms with Crippen LogP contribution in [0.15, 0.2) is 36.5 Å². The van der Waals surface area contributed by atoms with Crippen molar-refractivity contribution in [2.75, 3.05) is 50.2 Å². The van der Waals surface area contributed by atoms with E-state index in [1.807, 2.05) is 0 Å². The third kappa shape index (κ3) is 7.54. The van der Waals surface area contributed by atoms with E-state index in [9.17, 15) is 9.59 Å². The highest BCUT2D eigenvalue weighted by atomic mass is 28.4. The van der Waals surface area contributed by atoms with Crippen molar-refractivity contribution in [1.29, 1.82) is 0 Å². The Morgan fingerprint density at radius 1 is 1.18 bits per heavy atom. The molecule has 0 spiro atoms. The Bertz CT molecular complexity index is 1570. The number of anilines is 2. The molecule has 242 valence electrons. The van der Waals surface area contributed by atoms with Crippen LogP contribution in [0.1, 0.15) is 39.2 Å². The van der Waals surface area contributed by atoms with Gasteiger partial charge >= 0.3 is 6.09 Å². The second-order valence-corrected chi connectivity index (χ2v) is 17.8. The number of rotatable bonds is 12. The van der Waals surface area contributed by atoms with Crippen molar-refractivity contribution in [1.82, 2.24) is 14.9 Å². The van der Waals surface area contributed by atoms with Crippen LogP contribution in [-0.2, 0) is 20.5 Å². The molecule has 11 nitrogen and oxygen atoms in total. The lowest BCUT2D eigenvalue weighted by Crippen LogP contribution is -2.43. The molecule has 2 aliphatic rings. The molecule has 0 saturated carbocycles. The van der Waals surface area contributed by atoms with Crippen molar-refractivity contribution in [3.05, 3.63) is 47.9 Å². The fourth-order valence-electron chi connectivity index (χ4n) is 5.15. The molecule has 2 aliphatic heterocycles. The topological polar surface area (TPSA) is 115 Å². The SMILES string of the molecule is COc1ccc2ncc(F)c(CN(CCC[C@@H]3CN(c4ccc5c(c4)NC(=O)CO5)C(=O)O3)CCO[Si](C)(C)C(C)(C)C)c2n1. The molecule has 45 heavy (non-hydrogen) atoms. The number of carbonyl (C=O) groups is 2. The predicted octanol–water partition coefficient (Wildman–Crippen LogP) is 5.74. The first-order valence-corrected chi connectivity index (χ1v) is 18.1. The number of cyclic esters (lactones) is 1. The lowest BCUT2D eigenvalue weighted by Gasteiger charge is -2.37. The third-order valence-electron chi connectivity index (χ3n) is 8.79. The number of nitrogens with zero attached hydrogens (tertiary/aromatic N) is 4. The van der Waals surface area contributed by atoms with Gasteiger partial charge in [-0.05, 0) is 61.8 Å². The van der Waals surface area contributed by atoms with E-state index in [4.69, 9.17) is 18.6 Å². The minimum absolute atomic E-state index is 0.0334. The van der Waals surface area contributed by atoms with Gasteiger partial charge in [-0.3, -0.25) is 19.6 Å². The van der Waals surface area contributed by atoms with E-state index in [0.29, 0.717) is 85.2 Å². The average Bonchev–Trinajstić information content (AvgIpc) is 3.36. The van der Waals surface area contributed by atoms with Gasteiger partial charge in [-0.2, -0.15) is 0 Å². The summed E-state index contributed by atoms with van der Waals surface area (Å²) in [6.45, 7) is 13.4. The highest BCUT2D eigenvalue weighted by Crippen LogP contribution is 2.37. The molecule has 4 heterocycles. The zero-order valence-corrected chi connectivity index (χ0v) is 27.8. The molecule has 2 amide bonds. The van der Waals surface area contributed by atoms with Gasteiger partial charge in [0, 0.05) is 37.0 Å². The largest absolute Gasteiger partial charge is 0.482 e. The number of benzene rings is 1. The summed E-state index contributed by atoms with van der Waals surface area (Å²) >= 11 is 0. The molecular formula is C32H42FN5O6Si. The van der Waals surface area contributed by atoms with E-state index < -0.39 is 20.2 Å². The van der Waals surface area contributed by atoms with Crippen LogP contribution in [0.2, 0.25) is 18.1 Å². The molecule has 3 aromatic rings. The standard InChI is InChI=1S/C32H42FN5O6Si/c1-32(2,3)45(5,6)43-15-14-37(19-23-24(33)17-34-25-10-12-29(41-4)36-30(23)25)13-7-8-22-18-38(31(40)44-22)21-9-11-27-26(16-21)35-28(39)20-42-27/h9-12,16-17,22H,7-8,13-15,18-20H2,1-6H3,(H,35,39)/t22-/m1/s1. The Hall–Kier alpha value is -3.81. The molecular weight excluding hydrogens is 597 g/mol. The van der Waals surface area contributed by atoms with E-state index in [1.165, 1.54) is 13.3 Å². The smallest absolute Gasteiger partial charge is 0.414 e. The van der Waals surface area contributed by atoms with Crippen LogP contribution in [0, 0.1) is 5.82 Å². The first-order valence-electron chi connectivity index (χ1n) is 15.2. The van der Waals surface area contributed by atoms with E-state index in [0.717, 1.165) is 0 Å². The summed E-state index contributed by atoms with van der Waals surface area (Å²) in [5.41, 5.74) is 2.67. The minimum Gasteiger partial charge on any atom is -0.482 e. The lowest BCUT2D eigenvalue weighted by molar-refractivity contribution is -0.118. The Balaban J connectivity index is 1.26. The van der Waals surface area contributed by atoms with Gasteiger partial charge in [-0.15, -0.1) is 0 Å². The van der Waals surface area contributed by atoms with Crippen LogP contribution in [0.4, 0.5) is 20.6 Å². The molecule has 1 atom stereocenters. The quantitative estimate of drug-likeness (QED) is 0.248. The predicted molar refractivity (Wildman–Crippen MR) is 172 cm³/mol. The van der Waals surface area contributed by atoms with Crippen LogP contribution < -0.4 is 19.7 Å². The van der Waals surface area contributed by atoms with Crippen LogP contribution in [0.25, 0.3) is 11.0 Å². The Labute approximate surface area is 264 Å². The second-order valence-electron chi connectivity index (χ2n) is 13.0. The molecule has 1 fully saturated rings. The minimum atomic E-state index is -1.98. The van der Waals surface area contributed by atoms with Gasteiger partial charge in [0.05, 0.1) is 31.1 Å². The molecule has 0 bridgehead atoms. The molecule has 0 unspecified atom stereocenters. The van der Waals surface area contributed by atoms with E-state index >= 15 is 4.39 Å². The molecule has 13 heteroatoms. The van der Waals surface area contributed by atoms with Crippen molar-refractivity contribution >= 4 is 42.7 Å². The van der Waals surface area contributed by atoms with Crippen LogP contribution >= 0.6 is 0 Å². The summed E-state index contributed by atoms with van der Waals surface area (Å²) in [4.78, 5) is 37.0. The molecule has 5 rings (SSSR count). The van der Waals surface area contributed by atoms with Crippen molar-refractivity contribution in [3.63, 3.8) is 0 Å². The summed E-state index contributed by atoms with van der Waals surface area (Å²) in [6, 6.07) is 8.72. The zero-order valence-electron chi connectivity index (χ0n) is 26.8. The maximum Gasteiger partial charge on any atom is 0.414 e. The fraction of sp³-hybridized carbons (Fsp3) is 0.500. The van der Waals surface area contributed by atoms with Crippen LogP contribution in [-0.4, -0.2) is 81.2 Å². The maximum absolute atomic E-state index is 15.2. The number of pyridine rings is 2. The van der Waals surface area contributed by atoms with Gasteiger partial charge < -0.3 is 24.0 Å². The summed E-state index contributed by atoms with van der Waals surface area (Å²) in [7, 11) is -0.450. The number of hydrogen-bond acceptors (Lipinski definition) is 9. The van der Waals surface area contributed by atoms with E-state index in [-0.39, 0.29) is 23.7 Å². The van der Waals surface area contributed by atoms with E-state index in [2.05, 4.69) is 54.0 Å². The van der Waals surface area contributed by atoms with Crippen molar-refractivity contribution in [3.8, 4) is 11.6 Å². The number of amides is 2. The number of fused-ring (bicyclic) bond motifs is 2. The number of halogens is 1. The van der Waals surface area contributed by atoms with Crippen molar-refractivity contribution < 1.29 is 32.6 Å². The fourth-order valence-corrected chi connectivity index (χ4v) is 6.18. The third-order valence-corrected chi connectivity index (χ3v) is 13.3. The number of nitrogens with one attached hydrogen (secondary N) is 1. The number of hydrogen-bond donors (Lipinski definition) is 1. The Morgan fingerprint density at radius 3 is 2.73 bits per heavy atom. The number of aromatic nitrogens is 2. The Morgan fingerprint density at radius 2 is 1.98 bits per heavy atom. The van der Waals surface area contributed by atoms with E-state index in [1.54, 1.807) is 35.2 Å². The van der Waals surface area contributed by atoms with Crippen LogP contribution in [0.3, 0.4) is 0 Å². The van der Waals surface area contributed by atoms with Gasteiger partial charge in [-0.1, -0.05) is 20.8 Å². The van der Waals surface area contributed by atoms with Gasteiger partial charge in [0.1, 0.15) is 23.2 Å². The highest BCUT2D eigenvalue weighted by Gasteiger charge is 2.37. The summed E-state index contributed by atoms with van der Waals surface area (Å²) in [5, 5.41) is 2.84. The first kappa shape index (κ1) is 32.6. The van der Waals surface area contributed by atoms with Gasteiger partial charge in [0.2, 0.25) is 5.88 Å². The normalized spacial score (nSPS) is 16.9. The molecule has 0 radical (unpaired) electrons. The lowest BCUT2D eigenvalue weighted by atomic mass is 10.1. The van der Waals surface area contributed by atoms with Crippen LogP contribution in [0.5, 0.6) is 11.6 Å². The number of ether oxygens (including phenoxy) is 3. The monoisotopic (exact) mass is 639 g/mol. The summed E-state index contributed by atoms with van der Waals surface area (Å²) in [5.74, 6) is 0.290.